The summed E-state index contributed by atoms with van der Waals surface area (Å²) in [4.78, 5) is 1.14. The van der Waals surface area contributed by atoms with Crippen LogP contribution in [0.3, 0.4) is 0 Å². The number of rotatable bonds is 6. The average molecular weight is 277 g/mol. The van der Waals surface area contributed by atoms with Crippen molar-refractivity contribution in [1.82, 2.24) is 0 Å². The van der Waals surface area contributed by atoms with Gasteiger partial charge in [-0.3, -0.25) is 0 Å². The van der Waals surface area contributed by atoms with Crippen LogP contribution >= 0.6 is 11.8 Å². The van der Waals surface area contributed by atoms with E-state index in [1.807, 2.05) is 37.4 Å². The standard InChI is InChI=1S/C13H18F3NS/c1-10(5-4-8-13(14,15)16)17-11-6-3-7-12(9-11)18-2/h3,6-7,9-10,17H,4-5,8H2,1-2H3. The highest BCUT2D eigenvalue weighted by molar-refractivity contribution is 7.98. The van der Waals surface area contributed by atoms with Crippen molar-refractivity contribution in [3.05, 3.63) is 24.3 Å². The Morgan fingerprint density at radius 1 is 1.33 bits per heavy atom. The van der Waals surface area contributed by atoms with Gasteiger partial charge in [0.25, 0.3) is 0 Å². The summed E-state index contributed by atoms with van der Waals surface area (Å²) in [7, 11) is 0. The van der Waals surface area contributed by atoms with E-state index in [-0.39, 0.29) is 12.5 Å². The number of anilines is 1. The van der Waals surface area contributed by atoms with Crippen LogP contribution in [0.4, 0.5) is 18.9 Å². The molecule has 0 heterocycles. The molecule has 0 saturated heterocycles. The monoisotopic (exact) mass is 277 g/mol. The zero-order chi connectivity index (χ0) is 13.6. The largest absolute Gasteiger partial charge is 0.389 e. The molecule has 0 aliphatic heterocycles. The second kappa shape index (κ2) is 6.92. The summed E-state index contributed by atoms with van der Waals surface area (Å²) in [6.45, 7) is 1.90. The van der Waals surface area contributed by atoms with Gasteiger partial charge in [0.1, 0.15) is 0 Å². The Labute approximate surface area is 110 Å². The summed E-state index contributed by atoms with van der Waals surface area (Å²) >= 11 is 1.64. The molecule has 1 rings (SSSR count). The molecule has 5 heteroatoms. The second-order valence-electron chi connectivity index (χ2n) is 4.28. The highest BCUT2D eigenvalue weighted by Crippen LogP contribution is 2.24. The number of alkyl halides is 3. The van der Waals surface area contributed by atoms with Gasteiger partial charge >= 0.3 is 6.18 Å². The lowest BCUT2D eigenvalue weighted by Gasteiger charge is -2.16. The van der Waals surface area contributed by atoms with Gasteiger partial charge in [-0.15, -0.1) is 11.8 Å². The van der Waals surface area contributed by atoms with E-state index in [2.05, 4.69) is 5.32 Å². The second-order valence-corrected chi connectivity index (χ2v) is 5.16. The van der Waals surface area contributed by atoms with Crippen LogP contribution in [0, 0.1) is 0 Å². The Balaban J connectivity index is 2.37. The van der Waals surface area contributed by atoms with E-state index in [0.717, 1.165) is 10.6 Å². The van der Waals surface area contributed by atoms with Gasteiger partial charge in [-0.25, -0.2) is 0 Å². The molecule has 1 aromatic rings. The van der Waals surface area contributed by atoms with Crippen molar-refractivity contribution in [2.45, 2.75) is 43.3 Å². The number of hydrogen-bond acceptors (Lipinski definition) is 2. The molecule has 0 spiro atoms. The van der Waals surface area contributed by atoms with Crippen LogP contribution in [0.25, 0.3) is 0 Å². The zero-order valence-corrected chi connectivity index (χ0v) is 11.4. The summed E-state index contributed by atoms with van der Waals surface area (Å²) in [6, 6.07) is 7.93. The molecule has 0 amide bonds. The van der Waals surface area contributed by atoms with Crippen LogP contribution in [-0.4, -0.2) is 18.5 Å². The van der Waals surface area contributed by atoms with E-state index in [9.17, 15) is 13.2 Å². The molecule has 1 N–H and O–H groups in total. The third-order valence-electron chi connectivity index (χ3n) is 2.58. The van der Waals surface area contributed by atoms with Crippen LogP contribution in [0.2, 0.25) is 0 Å². The summed E-state index contributed by atoms with van der Waals surface area (Å²) in [6.07, 6.45) is -2.07. The summed E-state index contributed by atoms with van der Waals surface area (Å²) < 4.78 is 36.0. The highest BCUT2D eigenvalue weighted by atomic mass is 32.2. The van der Waals surface area contributed by atoms with E-state index in [1.165, 1.54) is 0 Å². The Hall–Kier alpha value is -0.840. The lowest BCUT2D eigenvalue weighted by Crippen LogP contribution is -2.16. The molecular weight excluding hydrogens is 259 g/mol. The van der Waals surface area contributed by atoms with E-state index in [0.29, 0.717) is 6.42 Å². The van der Waals surface area contributed by atoms with Crippen molar-refractivity contribution < 1.29 is 13.2 Å². The molecule has 0 fully saturated rings. The summed E-state index contributed by atoms with van der Waals surface area (Å²) in [5, 5.41) is 3.22. The van der Waals surface area contributed by atoms with E-state index < -0.39 is 12.6 Å². The molecule has 0 aliphatic carbocycles. The van der Waals surface area contributed by atoms with Gasteiger partial charge < -0.3 is 5.32 Å². The fourth-order valence-electron chi connectivity index (χ4n) is 1.68. The first-order chi connectivity index (χ1) is 8.40. The topological polar surface area (TPSA) is 12.0 Å². The zero-order valence-electron chi connectivity index (χ0n) is 10.6. The maximum Gasteiger partial charge on any atom is 0.389 e. The maximum absolute atomic E-state index is 12.0. The Kier molecular flexibility index (Phi) is 5.85. The van der Waals surface area contributed by atoms with Crippen LogP contribution in [-0.2, 0) is 0 Å². The van der Waals surface area contributed by atoms with Crippen molar-refractivity contribution in [2.24, 2.45) is 0 Å². The fraction of sp³-hybridized carbons (Fsp3) is 0.538. The molecule has 102 valence electrons. The van der Waals surface area contributed by atoms with Crippen LogP contribution in [0.1, 0.15) is 26.2 Å². The van der Waals surface area contributed by atoms with E-state index in [1.54, 1.807) is 11.8 Å². The number of hydrogen-bond donors (Lipinski definition) is 1. The first-order valence-corrected chi connectivity index (χ1v) is 7.10. The number of thioether (sulfide) groups is 1. The van der Waals surface area contributed by atoms with Gasteiger partial charge in [0, 0.05) is 23.0 Å². The molecule has 0 saturated carbocycles. The number of nitrogens with one attached hydrogen (secondary N) is 1. The molecule has 1 aromatic carbocycles. The Bertz CT molecular complexity index is 365. The third-order valence-corrected chi connectivity index (χ3v) is 3.31. The molecule has 0 aromatic heterocycles. The van der Waals surface area contributed by atoms with Crippen LogP contribution in [0.15, 0.2) is 29.2 Å². The van der Waals surface area contributed by atoms with Crippen molar-refractivity contribution in [1.29, 1.82) is 0 Å². The normalized spacial score (nSPS) is 13.4. The minimum Gasteiger partial charge on any atom is -0.383 e. The molecular formula is C13H18F3NS. The molecule has 0 bridgehead atoms. The molecule has 1 nitrogen and oxygen atoms in total. The Morgan fingerprint density at radius 3 is 2.67 bits per heavy atom. The van der Waals surface area contributed by atoms with Gasteiger partial charge in [0.2, 0.25) is 0 Å². The number of benzene rings is 1. The van der Waals surface area contributed by atoms with Gasteiger partial charge in [0.15, 0.2) is 0 Å². The minimum absolute atomic E-state index is 0.0458. The van der Waals surface area contributed by atoms with Gasteiger partial charge in [-0.1, -0.05) is 6.07 Å². The van der Waals surface area contributed by atoms with Crippen LogP contribution < -0.4 is 5.32 Å². The van der Waals surface area contributed by atoms with Crippen molar-refractivity contribution in [2.75, 3.05) is 11.6 Å². The summed E-state index contributed by atoms with van der Waals surface area (Å²) in [5.41, 5.74) is 0.960. The smallest absolute Gasteiger partial charge is 0.383 e. The molecule has 0 aliphatic rings. The first kappa shape index (κ1) is 15.2. The molecule has 1 atom stereocenters. The van der Waals surface area contributed by atoms with Crippen LogP contribution in [0.5, 0.6) is 0 Å². The average Bonchev–Trinajstić information content (AvgIpc) is 2.27. The predicted molar refractivity (Wildman–Crippen MR) is 71.2 cm³/mol. The molecule has 18 heavy (non-hydrogen) atoms. The lowest BCUT2D eigenvalue weighted by atomic mass is 10.1. The fourth-order valence-corrected chi connectivity index (χ4v) is 2.14. The molecule has 1 unspecified atom stereocenters. The Morgan fingerprint density at radius 2 is 2.06 bits per heavy atom. The minimum atomic E-state index is -4.04. The summed E-state index contributed by atoms with van der Waals surface area (Å²) in [5.74, 6) is 0. The highest BCUT2D eigenvalue weighted by Gasteiger charge is 2.26. The van der Waals surface area contributed by atoms with Crippen molar-refractivity contribution in [3.63, 3.8) is 0 Å². The molecule has 0 radical (unpaired) electrons. The van der Waals surface area contributed by atoms with E-state index >= 15 is 0 Å². The third kappa shape index (κ3) is 6.19. The van der Waals surface area contributed by atoms with E-state index in [4.69, 9.17) is 0 Å². The van der Waals surface area contributed by atoms with Crippen molar-refractivity contribution in [3.8, 4) is 0 Å². The van der Waals surface area contributed by atoms with Gasteiger partial charge in [-0.05, 0) is 44.2 Å². The first-order valence-electron chi connectivity index (χ1n) is 5.88. The predicted octanol–water partition coefficient (Wildman–Crippen LogP) is 4.94. The van der Waals surface area contributed by atoms with Crippen molar-refractivity contribution >= 4 is 17.4 Å². The SMILES string of the molecule is CSc1cccc(NC(C)CCCC(F)(F)F)c1. The maximum atomic E-state index is 12.0. The number of halogens is 3. The van der Waals surface area contributed by atoms with Gasteiger partial charge in [-0.2, -0.15) is 13.2 Å². The lowest BCUT2D eigenvalue weighted by molar-refractivity contribution is -0.135. The van der Waals surface area contributed by atoms with Gasteiger partial charge in [0.05, 0.1) is 0 Å². The quantitative estimate of drug-likeness (QED) is 0.739.